The zero-order valence-electron chi connectivity index (χ0n) is 6.61. The van der Waals surface area contributed by atoms with Gasteiger partial charge in [0.25, 0.3) is 5.91 Å². The molecule has 1 N–H and O–H groups in total. The summed E-state index contributed by atoms with van der Waals surface area (Å²) in [5, 5.41) is 2.61. The lowest BCUT2D eigenvalue weighted by Crippen LogP contribution is -2.22. The van der Waals surface area contributed by atoms with Crippen molar-refractivity contribution >= 4 is 5.91 Å². The van der Waals surface area contributed by atoms with Crippen molar-refractivity contribution in [2.24, 2.45) is 0 Å². The molecule has 0 fully saturated rings. The van der Waals surface area contributed by atoms with Gasteiger partial charge in [0.15, 0.2) is 0 Å². The number of carbonyl (C=O) groups excluding carboxylic acids is 1. The number of amides is 1. The Morgan fingerprint density at radius 2 is 2.36 bits per heavy atom. The SMILES string of the molecule is C#CCCCNC(=O)C#CC. The lowest BCUT2D eigenvalue weighted by molar-refractivity contribution is -0.115. The van der Waals surface area contributed by atoms with Crippen molar-refractivity contribution < 1.29 is 4.79 Å². The smallest absolute Gasteiger partial charge is 0.295 e. The highest BCUT2D eigenvalue weighted by atomic mass is 16.1. The molecule has 0 aromatic carbocycles. The maximum Gasteiger partial charge on any atom is 0.295 e. The van der Waals surface area contributed by atoms with Crippen molar-refractivity contribution in [1.82, 2.24) is 5.32 Å². The molecule has 0 unspecified atom stereocenters. The molecule has 0 aromatic heterocycles. The number of rotatable bonds is 3. The molecule has 2 heteroatoms. The average Bonchev–Trinajstić information content (AvgIpc) is 1.99. The molecule has 0 radical (unpaired) electrons. The molecule has 0 aliphatic heterocycles. The topological polar surface area (TPSA) is 29.1 Å². The fourth-order valence-corrected chi connectivity index (χ4v) is 0.550. The summed E-state index contributed by atoms with van der Waals surface area (Å²) in [5.41, 5.74) is 0. The average molecular weight is 149 g/mol. The zero-order valence-corrected chi connectivity index (χ0v) is 6.61. The Balaban J connectivity index is 3.31. The van der Waals surface area contributed by atoms with Crippen LogP contribution in [0, 0.1) is 24.2 Å². The Bertz CT molecular complexity index is 214. The minimum atomic E-state index is -0.232. The molecule has 0 spiro atoms. The summed E-state index contributed by atoms with van der Waals surface area (Å²) in [6.45, 7) is 2.23. The second-order valence-electron chi connectivity index (χ2n) is 1.94. The minimum absolute atomic E-state index is 0.232. The highest BCUT2D eigenvalue weighted by Crippen LogP contribution is 1.81. The third kappa shape index (κ3) is 6.48. The van der Waals surface area contributed by atoms with E-state index in [2.05, 4.69) is 23.1 Å². The van der Waals surface area contributed by atoms with E-state index >= 15 is 0 Å². The van der Waals surface area contributed by atoms with Crippen LogP contribution in [0.25, 0.3) is 0 Å². The molecule has 0 aliphatic rings. The fraction of sp³-hybridized carbons (Fsp3) is 0.444. The molecular formula is C9H11NO. The van der Waals surface area contributed by atoms with Crippen LogP contribution in [0.4, 0.5) is 0 Å². The van der Waals surface area contributed by atoms with Crippen LogP contribution in [-0.4, -0.2) is 12.5 Å². The van der Waals surface area contributed by atoms with Crippen LogP contribution in [0.2, 0.25) is 0 Å². The molecule has 0 heterocycles. The number of unbranched alkanes of at least 4 members (excludes halogenated alkanes) is 1. The molecule has 11 heavy (non-hydrogen) atoms. The van der Waals surface area contributed by atoms with Gasteiger partial charge in [-0.1, -0.05) is 5.92 Å². The van der Waals surface area contributed by atoms with E-state index in [4.69, 9.17) is 6.42 Å². The number of carbonyl (C=O) groups is 1. The summed E-state index contributed by atoms with van der Waals surface area (Å²) in [5.74, 6) is 7.13. The molecule has 58 valence electrons. The van der Waals surface area contributed by atoms with Crippen LogP contribution in [-0.2, 0) is 4.79 Å². The van der Waals surface area contributed by atoms with Crippen molar-refractivity contribution in [2.75, 3.05) is 6.54 Å². The number of terminal acetylenes is 1. The molecule has 0 bridgehead atoms. The largest absolute Gasteiger partial charge is 0.345 e. The maximum absolute atomic E-state index is 10.7. The Morgan fingerprint density at radius 3 is 2.91 bits per heavy atom. The molecule has 0 atom stereocenters. The molecule has 0 rings (SSSR count). The van der Waals surface area contributed by atoms with Gasteiger partial charge in [-0.2, -0.15) is 0 Å². The summed E-state index contributed by atoms with van der Waals surface area (Å²) < 4.78 is 0. The van der Waals surface area contributed by atoms with Gasteiger partial charge in [-0.05, 0) is 19.3 Å². The molecule has 2 nitrogen and oxygen atoms in total. The van der Waals surface area contributed by atoms with Crippen molar-refractivity contribution in [1.29, 1.82) is 0 Å². The molecule has 0 aromatic rings. The first-order chi connectivity index (χ1) is 5.31. The van der Waals surface area contributed by atoms with Crippen molar-refractivity contribution in [3.05, 3.63) is 0 Å². The van der Waals surface area contributed by atoms with E-state index in [1.165, 1.54) is 0 Å². The van der Waals surface area contributed by atoms with Gasteiger partial charge in [0.05, 0.1) is 0 Å². The van der Waals surface area contributed by atoms with Crippen LogP contribution in [0.3, 0.4) is 0 Å². The standard InChI is InChI=1S/C9H11NO/c1-3-5-6-8-10-9(11)7-4-2/h1H,5-6,8H2,2H3,(H,10,11). The monoisotopic (exact) mass is 149 g/mol. The van der Waals surface area contributed by atoms with Gasteiger partial charge in [-0.3, -0.25) is 4.79 Å². The Labute approximate surface area is 67.4 Å². The lowest BCUT2D eigenvalue weighted by Gasteiger charge is -1.95. The predicted molar refractivity (Wildman–Crippen MR) is 44.5 cm³/mol. The summed E-state index contributed by atoms with van der Waals surface area (Å²) in [6, 6.07) is 0. The molecular weight excluding hydrogens is 138 g/mol. The number of hydrogen-bond donors (Lipinski definition) is 1. The van der Waals surface area contributed by atoms with Gasteiger partial charge in [-0.25, -0.2) is 0 Å². The first-order valence-electron chi connectivity index (χ1n) is 3.45. The van der Waals surface area contributed by atoms with Crippen LogP contribution in [0.15, 0.2) is 0 Å². The normalized spacial score (nSPS) is 7.27. The van der Waals surface area contributed by atoms with E-state index in [0.29, 0.717) is 13.0 Å². The van der Waals surface area contributed by atoms with E-state index in [0.717, 1.165) is 6.42 Å². The first kappa shape index (κ1) is 9.59. The molecule has 0 aliphatic carbocycles. The summed E-state index contributed by atoms with van der Waals surface area (Å²) in [4.78, 5) is 10.7. The highest BCUT2D eigenvalue weighted by molar-refractivity contribution is 5.93. The predicted octanol–water partition coefficient (Wildman–Crippen LogP) is 0.539. The molecule has 0 saturated carbocycles. The van der Waals surface area contributed by atoms with Crippen LogP contribution in [0.5, 0.6) is 0 Å². The minimum Gasteiger partial charge on any atom is -0.345 e. The third-order valence-electron chi connectivity index (χ3n) is 1.02. The second-order valence-corrected chi connectivity index (χ2v) is 1.94. The van der Waals surface area contributed by atoms with Crippen LogP contribution < -0.4 is 5.32 Å². The van der Waals surface area contributed by atoms with Gasteiger partial charge >= 0.3 is 0 Å². The van der Waals surface area contributed by atoms with Crippen molar-refractivity contribution in [2.45, 2.75) is 19.8 Å². The van der Waals surface area contributed by atoms with Crippen molar-refractivity contribution in [3.8, 4) is 24.2 Å². The maximum atomic E-state index is 10.7. The number of nitrogens with one attached hydrogen (secondary N) is 1. The van der Waals surface area contributed by atoms with E-state index in [1.54, 1.807) is 6.92 Å². The van der Waals surface area contributed by atoms with Crippen molar-refractivity contribution in [3.63, 3.8) is 0 Å². The van der Waals surface area contributed by atoms with Gasteiger partial charge in [0.1, 0.15) is 0 Å². The quantitative estimate of drug-likeness (QED) is 0.460. The van der Waals surface area contributed by atoms with Crippen LogP contribution in [0.1, 0.15) is 19.8 Å². The summed E-state index contributed by atoms with van der Waals surface area (Å²) in [7, 11) is 0. The Hall–Kier alpha value is -1.41. The van der Waals surface area contributed by atoms with E-state index < -0.39 is 0 Å². The number of hydrogen-bond acceptors (Lipinski definition) is 1. The Kier molecular flexibility index (Phi) is 5.85. The van der Waals surface area contributed by atoms with Gasteiger partial charge in [0, 0.05) is 13.0 Å². The fourth-order valence-electron chi connectivity index (χ4n) is 0.550. The Morgan fingerprint density at radius 1 is 1.64 bits per heavy atom. The first-order valence-corrected chi connectivity index (χ1v) is 3.45. The van der Waals surface area contributed by atoms with Gasteiger partial charge in [0.2, 0.25) is 0 Å². The third-order valence-corrected chi connectivity index (χ3v) is 1.02. The lowest BCUT2D eigenvalue weighted by atomic mass is 10.3. The van der Waals surface area contributed by atoms with Crippen LogP contribution >= 0.6 is 0 Å². The summed E-state index contributed by atoms with van der Waals surface area (Å²) in [6.07, 6.45) is 6.52. The highest BCUT2D eigenvalue weighted by Gasteiger charge is 1.91. The van der Waals surface area contributed by atoms with E-state index in [1.807, 2.05) is 0 Å². The van der Waals surface area contributed by atoms with E-state index in [9.17, 15) is 4.79 Å². The van der Waals surface area contributed by atoms with E-state index in [-0.39, 0.29) is 5.91 Å². The second kappa shape index (κ2) is 6.71. The molecule has 0 saturated heterocycles. The summed E-state index contributed by atoms with van der Waals surface area (Å²) >= 11 is 0. The molecule has 1 amide bonds. The van der Waals surface area contributed by atoms with Gasteiger partial charge < -0.3 is 5.32 Å². The van der Waals surface area contributed by atoms with Gasteiger partial charge in [-0.15, -0.1) is 12.3 Å². The zero-order chi connectivity index (χ0) is 8.53.